The number of rotatable bonds is 4. The predicted molar refractivity (Wildman–Crippen MR) is 229 cm³/mol. The zero-order chi connectivity index (χ0) is 47.9. The number of carbonyl (C=O) groups excluding carboxylic acids is 3. The van der Waals surface area contributed by atoms with Crippen LogP contribution in [0, 0.1) is 0 Å². The Balaban J connectivity index is 0.000000465. The Kier molecular flexibility index (Phi) is 19.4. The molecule has 12 N–H and O–H groups in total. The van der Waals surface area contributed by atoms with Crippen LogP contribution in [-0.2, 0) is 12.4 Å². The summed E-state index contributed by atoms with van der Waals surface area (Å²) >= 11 is 5.97. The van der Waals surface area contributed by atoms with Gasteiger partial charge in [-0.3, -0.25) is 16.0 Å². The zero-order valence-corrected chi connectivity index (χ0v) is 36.5. The second-order valence-corrected chi connectivity index (χ2v) is 16.3. The van der Waals surface area contributed by atoms with Gasteiger partial charge in [-0.15, -0.1) is 0 Å². The zero-order valence-electron chi connectivity index (χ0n) is 35.7. The number of nitrogens with zero attached hydrogens (tertiary/aromatic N) is 3. The number of nitrogens with two attached hydrogens (primary N) is 3. The van der Waals surface area contributed by atoms with Crippen molar-refractivity contribution in [2.75, 3.05) is 7.11 Å². The Morgan fingerprint density at radius 2 is 0.887 bits per heavy atom. The molecule has 6 amide bonds. The van der Waals surface area contributed by atoms with Crippen molar-refractivity contribution in [3.63, 3.8) is 0 Å². The van der Waals surface area contributed by atoms with E-state index in [1.54, 1.807) is 59.7 Å². The molecule has 0 aliphatic heterocycles. The molecule has 0 saturated carbocycles. The molecule has 342 valence electrons. The summed E-state index contributed by atoms with van der Waals surface area (Å²) in [5, 5.41) is 15.3. The minimum Gasteiger partial charge on any atom is -0.495 e. The summed E-state index contributed by atoms with van der Waals surface area (Å²) in [5.41, 5.74) is 14.5. The Labute approximate surface area is 360 Å². The molecule has 0 aliphatic carbocycles. The van der Waals surface area contributed by atoms with Gasteiger partial charge in [-0.25, -0.2) is 29.4 Å². The molecule has 0 atom stereocenters. The molecule has 0 aliphatic rings. The van der Waals surface area contributed by atoms with Crippen LogP contribution in [0.5, 0.6) is 5.75 Å². The summed E-state index contributed by atoms with van der Waals surface area (Å²) in [6, 6.07) is 11.8. The van der Waals surface area contributed by atoms with E-state index >= 15 is 0 Å². The van der Waals surface area contributed by atoms with Gasteiger partial charge in [0.1, 0.15) is 5.75 Å². The lowest BCUT2D eigenvalue weighted by Crippen LogP contribution is -2.50. The average molecular weight is 903 g/mol. The molecule has 0 unspecified atom stereocenters. The first-order chi connectivity index (χ1) is 28.2. The van der Waals surface area contributed by atoms with Crippen molar-refractivity contribution in [3.05, 3.63) is 82.9 Å². The topological polar surface area (TPSA) is 248 Å². The van der Waals surface area contributed by atoms with E-state index in [4.69, 9.17) is 33.5 Å². The molecule has 3 rings (SSSR count). The number of hydrogen-bond acceptors (Lipinski definition) is 7. The lowest BCUT2D eigenvalue weighted by atomic mass is 10.1. The van der Waals surface area contributed by atoms with E-state index in [0.717, 1.165) is 24.3 Å². The molecule has 0 saturated heterocycles. The van der Waals surface area contributed by atoms with E-state index < -0.39 is 52.7 Å². The monoisotopic (exact) mass is 902 g/mol. The van der Waals surface area contributed by atoms with Gasteiger partial charge in [0.15, 0.2) is 0 Å². The fourth-order valence-electron chi connectivity index (χ4n) is 4.17. The Morgan fingerprint density at radius 1 is 0.532 bits per heavy atom. The van der Waals surface area contributed by atoms with Gasteiger partial charge in [0.2, 0.25) is 17.9 Å². The van der Waals surface area contributed by atoms with Gasteiger partial charge in [0, 0.05) is 16.6 Å². The highest BCUT2D eigenvalue weighted by molar-refractivity contribution is 6.32. The number of halogens is 7. The van der Waals surface area contributed by atoms with Crippen molar-refractivity contribution >= 4 is 64.6 Å². The minimum atomic E-state index is -4.46. The Morgan fingerprint density at radius 3 is 1.23 bits per heavy atom. The van der Waals surface area contributed by atoms with Crippen LogP contribution in [0.15, 0.2) is 81.7 Å². The Bertz CT molecular complexity index is 2070. The van der Waals surface area contributed by atoms with Gasteiger partial charge in [0.25, 0.3) is 0 Å². The fraction of sp³-hybridized carbons (Fsp3) is 0.385. The number of urea groups is 3. The molecule has 23 heteroatoms. The number of ether oxygens (including phenoxy) is 1. The van der Waals surface area contributed by atoms with Crippen molar-refractivity contribution in [2.24, 2.45) is 32.2 Å². The second-order valence-electron chi connectivity index (χ2n) is 15.9. The Hall–Kier alpha value is -6.45. The van der Waals surface area contributed by atoms with Crippen molar-refractivity contribution < 1.29 is 45.5 Å². The van der Waals surface area contributed by atoms with Crippen LogP contribution in [0.3, 0.4) is 0 Å². The number of guanidine groups is 3. The van der Waals surface area contributed by atoms with Crippen molar-refractivity contribution in [3.8, 4) is 5.75 Å². The van der Waals surface area contributed by atoms with E-state index in [1.807, 2.05) is 20.8 Å². The van der Waals surface area contributed by atoms with Gasteiger partial charge in [-0.1, -0.05) is 17.7 Å². The van der Waals surface area contributed by atoms with Gasteiger partial charge in [0.05, 0.1) is 40.3 Å². The molecule has 16 nitrogen and oxygen atoms in total. The van der Waals surface area contributed by atoms with E-state index in [1.165, 1.54) is 31.4 Å². The van der Waals surface area contributed by atoms with Crippen LogP contribution in [0.25, 0.3) is 0 Å². The third-order valence-corrected chi connectivity index (χ3v) is 6.74. The summed E-state index contributed by atoms with van der Waals surface area (Å²) in [5.74, 6) is 0.0168. The van der Waals surface area contributed by atoms with Gasteiger partial charge < -0.3 is 37.9 Å². The number of nitrogens with one attached hydrogen (secondary N) is 6. The van der Waals surface area contributed by atoms with E-state index in [2.05, 4.69) is 46.9 Å². The molecule has 0 heterocycles. The van der Waals surface area contributed by atoms with E-state index in [9.17, 15) is 40.7 Å². The second kappa shape index (κ2) is 22.4. The SMILES string of the molecule is CC(C)(C)NC(=O)NC(N)=Nc1ccc(C(F)(F)F)cc1.CC(C)(C)NC(=O)NC(N)=Nc1cccc(C(F)(F)F)c1.COc1ccc(N=C(N)NC(=O)NC(C)(C)C)cc1Cl. The highest BCUT2D eigenvalue weighted by Crippen LogP contribution is 2.32. The maximum Gasteiger partial charge on any atom is 0.416 e. The molecule has 0 aromatic heterocycles. The predicted octanol–water partition coefficient (Wildman–Crippen LogP) is 7.89. The molecule has 0 fully saturated rings. The molecule has 3 aromatic carbocycles. The number of alkyl halides is 6. The smallest absolute Gasteiger partial charge is 0.416 e. The first kappa shape index (κ1) is 53.6. The molecule has 0 spiro atoms. The normalized spacial score (nSPS) is 12.6. The summed E-state index contributed by atoms with van der Waals surface area (Å²) < 4.78 is 79.8. The largest absolute Gasteiger partial charge is 0.495 e. The molecular formula is C39H53ClF6N12O4. The average Bonchev–Trinajstić information content (AvgIpc) is 3.05. The van der Waals surface area contributed by atoms with Crippen LogP contribution in [0.4, 0.5) is 57.8 Å². The summed E-state index contributed by atoms with van der Waals surface area (Å²) in [6.07, 6.45) is -8.87. The molecule has 0 bridgehead atoms. The van der Waals surface area contributed by atoms with Gasteiger partial charge in [-0.2, -0.15) is 26.3 Å². The van der Waals surface area contributed by atoms with Crippen LogP contribution in [0.2, 0.25) is 5.02 Å². The van der Waals surface area contributed by atoms with Gasteiger partial charge in [-0.05, 0) is 123 Å². The van der Waals surface area contributed by atoms with Crippen LogP contribution >= 0.6 is 11.6 Å². The molecular weight excluding hydrogens is 850 g/mol. The lowest BCUT2D eigenvalue weighted by Gasteiger charge is -2.20. The highest BCUT2D eigenvalue weighted by Gasteiger charge is 2.31. The van der Waals surface area contributed by atoms with Gasteiger partial charge >= 0.3 is 30.4 Å². The minimum absolute atomic E-state index is 0.00150. The van der Waals surface area contributed by atoms with E-state index in [0.29, 0.717) is 16.5 Å². The van der Waals surface area contributed by atoms with Crippen LogP contribution < -0.4 is 53.8 Å². The number of carbonyl (C=O) groups is 3. The third kappa shape index (κ3) is 23.4. The van der Waals surface area contributed by atoms with Crippen LogP contribution in [0.1, 0.15) is 73.4 Å². The third-order valence-electron chi connectivity index (χ3n) is 6.44. The molecule has 62 heavy (non-hydrogen) atoms. The fourth-order valence-corrected chi connectivity index (χ4v) is 4.42. The number of hydrogen-bond donors (Lipinski definition) is 9. The van der Waals surface area contributed by atoms with Crippen molar-refractivity contribution in [2.45, 2.75) is 91.3 Å². The molecule has 0 radical (unpaired) electrons. The number of benzene rings is 3. The standard InChI is InChI=1S/C13H19ClN4O2.2C13H17F3N4O/c1-13(2,3)18-12(19)17-11(15)16-8-5-6-10(20-4)9(14)7-8;1-12(2,3)20-11(21)19-10(17)18-9-6-4-8(5-7-9)13(14,15)16;1-12(2,3)20-11(21)19-10(17)18-9-6-4-5-8(7-9)13(14,15)16/h5-7H,1-4H3,(H4,15,16,17,18,19);2*4-7H,1-3H3,(H4,17,18,19,20,21). The number of aliphatic imine (C=N–C) groups is 3. The summed E-state index contributed by atoms with van der Waals surface area (Å²) in [4.78, 5) is 46.2. The van der Waals surface area contributed by atoms with Crippen LogP contribution in [-0.4, -0.2) is 59.7 Å². The maximum atomic E-state index is 12.5. The van der Waals surface area contributed by atoms with Crippen molar-refractivity contribution in [1.82, 2.24) is 31.9 Å². The number of amides is 6. The quantitative estimate of drug-likeness (QED) is 0.0711. The lowest BCUT2D eigenvalue weighted by molar-refractivity contribution is -0.138. The first-order valence-electron chi connectivity index (χ1n) is 18.1. The number of methoxy groups -OCH3 is 1. The van der Waals surface area contributed by atoms with Crippen molar-refractivity contribution in [1.29, 1.82) is 0 Å². The summed E-state index contributed by atoms with van der Waals surface area (Å²) in [7, 11) is 1.52. The summed E-state index contributed by atoms with van der Waals surface area (Å²) in [6.45, 7) is 16.3. The molecule has 3 aromatic rings. The first-order valence-corrected chi connectivity index (χ1v) is 18.5. The maximum absolute atomic E-state index is 12.5. The van der Waals surface area contributed by atoms with E-state index in [-0.39, 0.29) is 34.8 Å². The highest BCUT2D eigenvalue weighted by atomic mass is 35.5.